The van der Waals surface area contributed by atoms with Gasteiger partial charge in [0.25, 0.3) is 0 Å². The Balaban J connectivity index is 1.58. The minimum absolute atomic E-state index is 0.0470. The van der Waals surface area contributed by atoms with E-state index in [-0.39, 0.29) is 6.42 Å². The van der Waals surface area contributed by atoms with Gasteiger partial charge in [0.1, 0.15) is 6.17 Å². The van der Waals surface area contributed by atoms with Crippen molar-refractivity contribution in [1.82, 2.24) is 0 Å². The molecule has 0 N–H and O–H groups in total. The van der Waals surface area contributed by atoms with E-state index in [1.165, 1.54) is 0 Å². The Morgan fingerprint density at radius 3 is 2.40 bits per heavy atom. The van der Waals surface area contributed by atoms with Crippen molar-refractivity contribution in [2.45, 2.75) is 29.3 Å². The first-order chi connectivity index (χ1) is 14.6. The third-order valence-electron chi connectivity index (χ3n) is 4.99. The number of halogens is 1. The van der Waals surface area contributed by atoms with Crippen LogP contribution in [0.5, 0.6) is 0 Å². The van der Waals surface area contributed by atoms with Crippen LogP contribution in [0.2, 0.25) is 0 Å². The zero-order valence-corrected chi connectivity index (χ0v) is 17.5. The van der Waals surface area contributed by atoms with Gasteiger partial charge in [-0.1, -0.05) is 84.1 Å². The van der Waals surface area contributed by atoms with Gasteiger partial charge in [0.15, 0.2) is 0 Å². The van der Waals surface area contributed by atoms with E-state index in [9.17, 15) is 4.21 Å². The second-order valence-corrected chi connectivity index (χ2v) is 8.57. The molecule has 0 aliphatic carbocycles. The van der Waals surface area contributed by atoms with Crippen LogP contribution in [0.4, 0.5) is 4.39 Å². The highest BCUT2D eigenvalue weighted by Crippen LogP contribution is 2.29. The Morgan fingerprint density at radius 1 is 0.867 bits per heavy atom. The zero-order valence-electron chi connectivity index (χ0n) is 16.6. The fourth-order valence-electron chi connectivity index (χ4n) is 3.38. The summed E-state index contributed by atoms with van der Waals surface area (Å²) >= 11 is 0. The van der Waals surface area contributed by atoms with Crippen molar-refractivity contribution < 1.29 is 8.60 Å². The van der Waals surface area contributed by atoms with E-state index in [4.69, 9.17) is 0 Å². The summed E-state index contributed by atoms with van der Waals surface area (Å²) in [6.45, 7) is 1.98. The molecule has 0 aliphatic heterocycles. The lowest BCUT2D eigenvalue weighted by Crippen LogP contribution is -2.01. The number of benzene rings is 4. The number of hydrogen-bond acceptors (Lipinski definition) is 1. The molecule has 148 valence electrons. The third kappa shape index (κ3) is 4.35. The van der Waals surface area contributed by atoms with E-state index < -0.39 is 17.0 Å². The molecule has 1 nitrogen and oxygen atoms in total. The van der Waals surface area contributed by atoms with Crippen LogP contribution in [0.15, 0.2) is 101 Å². The molecule has 0 bridgehead atoms. The minimum atomic E-state index is -1.44. The fourth-order valence-corrected chi connectivity index (χ4v) is 4.63. The van der Waals surface area contributed by atoms with Crippen LogP contribution in [0, 0.1) is 18.8 Å². The maximum absolute atomic E-state index is 15.1. The average molecular weight is 413 g/mol. The van der Waals surface area contributed by atoms with Crippen molar-refractivity contribution in [3.05, 3.63) is 108 Å². The summed E-state index contributed by atoms with van der Waals surface area (Å²) in [7, 11) is -1.44. The number of aryl methyl sites for hydroxylation is 1. The minimum Gasteiger partial charge on any atom is -0.249 e. The molecule has 4 aromatic carbocycles. The normalized spacial score (nSPS) is 12.7. The molecule has 0 aromatic heterocycles. The number of fused-ring (bicyclic) bond motifs is 1. The lowest BCUT2D eigenvalue weighted by atomic mass is 10.0. The predicted octanol–water partition coefficient (Wildman–Crippen LogP) is 6.77. The van der Waals surface area contributed by atoms with Crippen LogP contribution in [-0.2, 0) is 10.8 Å². The Hall–Kier alpha value is -3.22. The van der Waals surface area contributed by atoms with Gasteiger partial charge in [-0.05, 0) is 42.0 Å². The molecule has 0 saturated heterocycles. The van der Waals surface area contributed by atoms with Gasteiger partial charge in [-0.3, -0.25) is 0 Å². The predicted molar refractivity (Wildman–Crippen MR) is 122 cm³/mol. The molecule has 4 rings (SSSR count). The second-order valence-electron chi connectivity index (χ2n) is 7.12. The van der Waals surface area contributed by atoms with Crippen molar-refractivity contribution in [3.8, 4) is 11.8 Å². The molecule has 0 aliphatic rings. The molecule has 2 atom stereocenters. The quantitative estimate of drug-likeness (QED) is 0.338. The summed E-state index contributed by atoms with van der Waals surface area (Å²) in [6, 6.07) is 28.4. The summed E-state index contributed by atoms with van der Waals surface area (Å²) in [6.07, 6.45) is -1.26. The van der Waals surface area contributed by atoms with Crippen molar-refractivity contribution in [2.24, 2.45) is 0 Å². The van der Waals surface area contributed by atoms with Gasteiger partial charge in [-0.15, -0.1) is 0 Å². The van der Waals surface area contributed by atoms with Gasteiger partial charge in [-0.25, -0.2) is 8.60 Å². The molecule has 0 fully saturated rings. The highest BCUT2D eigenvalue weighted by Gasteiger charge is 2.18. The Labute approximate surface area is 179 Å². The molecule has 0 heterocycles. The summed E-state index contributed by atoms with van der Waals surface area (Å²) in [5.74, 6) is 6.09. The Kier molecular flexibility index (Phi) is 6.07. The summed E-state index contributed by atoms with van der Waals surface area (Å²) < 4.78 is 28.1. The molecule has 0 amide bonds. The van der Waals surface area contributed by atoms with Gasteiger partial charge in [0.2, 0.25) is 0 Å². The SMILES string of the molecule is Cc1ccc(S(=O)c2ccccc2[C@@H](F)CC#Cc2cccc3ccccc23)cc1. The standard InChI is InChI=1S/C27H21FOS/c1-20-16-18-23(19-17-20)30(29)27-15-5-4-13-25(27)26(28)14-7-11-22-10-6-9-21-8-2-3-12-24(21)22/h2-6,8-10,12-13,15-19,26H,14H2,1H3/t26-,30?/m0/s1. The maximum atomic E-state index is 15.1. The maximum Gasteiger partial charge on any atom is 0.137 e. The molecule has 0 saturated carbocycles. The third-order valence-corrected chi connectivity index (χ3v) is 6.46. The lowest BCUT2D eigenvalue weighted by molar-refractivity contribution is 0.346. The average Bonchev–Trinajstić information content (AvgIpc) is 2.79. The van der Waals surface area contributed by atoms with Crippen molar-refractivity contribution in [2.75, 3.05) is 0 Å². The van der Waals surface area contributed by atoms with Gasteiger partial charge in [0.05, 0.1) is 10.8 Å². The van der Waals surface area contributed by atoms with E-state index >= 15 is 4.39 Å². The zero-order chi connectivity index (χ0) is 20.9. The molecule has 30 heavy (non-hydrogen) atoms. The first-order valence-electron chi connectivity index (χ1n) is 9.81. The Morgan fingerprint density at radius 2 is 1.57 bits per heavy atom. The smallest absolute Gasteiger partial charge is 0.137 e. The summed E-state index contributed by atoms with van der Waals surface area (Å²) in [5, 5.41) is 2.17. The second kappa shape index (κ2) is 9.07. The number of rotatable bonds is 4. The molecule has 1 unspecified atom stereocenters. The molecular formula is C27H21FOS. The molecule has 4 aromatic rings. The fraction of sp³-hybridized carbons (Fsp3) is 0.111. The van der Waals surface area contributed by atoms with E-state index in [0.29, 0.717) is 15.4 Å². The van der Waals surface area contributed by atoms with E-state index in [2.05, 4.69) is 11.8 Å². The highest BCUT2D eigenvalue weighted by molar-refractivity contribution is 7.85. The van der Waals surface area contributed by atoms with Crippen LogP contribution < -0.4 is 0 Å². The highest BCUT2D eigenvalue weighted by atomic mass is 32.2. The molecule has 0 radical (unpaired) electrons. The number of hydrogen-bond donors (Lipinski definition) is 0. The molecule has 0 spiro atoms. The van der Waals surface area contributed by atoms with Gasteiger partial charge in [-0.2, -0.15) is 0 Å². The van der Waals surface area contributed by atoms with Crippen LogP contribution in [0.3, 0.4) is 0 Å². The summed E-state index contributed by atoms with van der Waals surface area (Å²) in [5.41, 5.74) is 2.41. The van der Waals surface area contributed by atoms with Crippen molar-refractivity contribution in [1.29, 1.82) is 0 Å². The first kappa shape index (κ1) is 20.1. The van der Waals surface area contributed by atoms with E-state index in [1.807, 2.05) is 73.7 Å². The monoisotopic (exact) mass is 412 g/mol. The van der Waals surface area contributed by atoms with Gasteiger partial charge < -0.3 is 0 Å². The van der Waals surface area contributed by atoms with Gasteiger partial charge >= 0.3 is 0 Å². The molecular weight excluding hydrogens is 391 g/mol. The van der Waals surface area contributed by atoms with Gasteiger partial charge in [0, 0.05) is 27.3 Å². The molecule has 3 heteroatoms. The van der Waals surface area contributed by atoms with Crippen LogP contribution in [-0.4, -0.2) is 4.21 Å². The van der Waals surface area contributed by atoms with Crippen molar-refractivity contribution in [3.63, 3.8) is 0 Å². The van der Waals surface area contributed by atoms with Crippen molar-refractivity contribution >= 4 is 21.6 Å². The van der Waals surface area contributed by atoms with E-state index in [0.717, 1.165) is 21.9 Å². The Bertz CT molecular complexity index is 1260. The van der Waals surface area contributed by atoms with Crippen LogP contribution in [0.25, 0.3) is 10.8 Å². The van der Waals surface area contributed by atoms with Crippen LogP contribution in [0.1, 0.15) is 29.3 Å². The topological polar surface area (TPSA) is 17.1 Å². The summed E-state index contributed by atoms with van der Waals surface area (Å²) in [4.78, 5) is 1.17. The van der Waals surface area contributed by atoms with E-state index in [1.54, 1.807) is 24.3 Å². The largest absolute Gasteiger partial charge is 0.249 e. The number of alkyl halides is 1. The first-order valence-corrected chi connectivity index (χ1v) is 11.0. The lowest BCUT2D eigenvalue weighted by Gasteiger charge is -2.12. The van der Waals surface area contributed by atoms with Crippen LogP contribution >= 0.6 is 0 Å².